The van der Waals surface area contributed by atoms with Gasteiger partial charge in [0.2, 0.25) is 20.0 Å². The van der Waals surface area contributed by atoms with Crippen LogP contribution in [0.3, 0.4) is 0 Å². The van der Waals surface area contributed by atoms with Crippen LogP contribution in [0.2, 0.25) is 0 Å². The fourth-order valence-electron chi connectivity index (χ4n) is 2.53. The summed E-state index contributed by atoms with van der Waals surface area (Å²) in [6, 6.07) is 11.4. The van der Waals surface area contributed by atoms with Crippen LogP contribution < -0.4 is 21.7 Å². The van der Waals surface area contributed by atoms with Gasteiger partial charge in [-0.05, 0) is 35.4 Å². The molecule has 0 saturated heterocycles. The molecule has 2 rings (SSSR count). The predicted molar refractivity (Wildman–Crippen MR) is 93.6 cm³/mol. The molecule has 0 fully saturated rings. The average molecular weight is 370 g/mol. The first-order chi connectivity index (χ1) is 11.0. The number of hydrogen-bond acceptors (Lipinski definition) is 6. The molecule has 24 heavy (non-hydrogen) atoms. The second-order valence-electron chi connectivity index (χ2n) is 5.42. The molecule has 130 valence electrons. The Bertz CT molecular complexity index is 892. The molecule has 8 N–H and O–H groups in total. The molecular formula is C14H18N4O4S2. The molecule has 2 aromatic rings. The molecule has 0 bridgehead atoms. The number of anilines is 2. The molecule has 0 unspecified atom stereocenters. The fraction of sp³-hybridized carbons (Fsp3) is 0.143. The number of rotatable bonds is 5. The van der Waals surface area contributed by atoms with Gasteiger partial charge in [-0.1, -0.05) is 24.3 Å². The zero-order valence-corrected chi connectivity index (χ0v) is 14.2. The fourth-order valence-corrected chi connectivity index (χ4v) is 5.51. The van der Waals surface area contributed by atoms with Crippen molar-refractivity contribution in [2.45, 2.75) is 4.75 Å². The lowest BCUT2D eigenvalue weighted by Gasteiger charge is -2.32. The Morgan fingerprint density at radius 1 is 0.708 bits per heavy atom. The normalized spacial score (nSPS) is 12.9. The van der Waals surface area contributed by atoms with E-state index < -0.39 is 30.5 Å². The standard InChI is InChI=1S/C14H18N4O4S2/c15-12-5-1-10(2-6-12)14(24(18,21)22,9-23(17,19)20)11-3-7-13(16)8-4-11/h1-8H,9,15-16H2,(H2,17,19,20)(H2,18,21,22). The number of sulfonamides is 2. The van der Waals surface area contributed by atoms with Gasteiger partial charge in [-0.2, -0.15) is 0 Å². The number of benzene rings is 2. The largest absolute Gasteiger partial charge is 0.399 e. The Balaban J connectivity index is 2.88. The molecule has 0 aliphatic carbocycles. The highest BCUT2D eigenvalue weighted by molar-refractivity contribution is 7.93. The van der Waals surface area contributed by atoms with Gasteiger partial charge >= 0.3 is 0 Å². The number of nitrogen functional groups attached to an aromatic ring is 2. The van der Waals surface area contributed by atoms with E-state index in [0.29, 0.717) is 11.4 Å². The van der Waals surface area contributed by atoms with Gasteiger partial charge in [-0.15, -0.1) is 0 Å². The van der Waals surface area contributed by atoms with E-state index in [9.17, 15) is 16.8 Å². The van der Waals surface area contributed by atoms with Crippen molar-refractivity contribution in [3.63, 3.8) is 0 Å². The van der Waals surface area contributed by atoms with E-state index in [0.717, 1.165) is 0 Å². The van der Waals surface area contributed by atoms with Gasteiger partial charge in [-0.25, -0.2) is 27.1 Å². The quantitative estimate of drug-likeness (QED) is 0.524. The van der Waals surface area contributed by atoms with Crippen LogP contribution in [-0.4, -0.2) is 22.6 Å². The Labute approximate surface area is 140 Å². The van der Waals surface area contributed by atoms with Crippen LogP contribution >= 0.6 is 0 Å². The molecule has 0 spiro atoms. The van der Waals surface area contributed by atoms with E-state index in [-0.39, 0.29) is 11.1 Å². The highest BCUT2D eigenvalue weighted by atomic mass is 32.2. The van der Waals surface area contributed by atoms with Gasteiger partial charge in [0.1, 0.15) is 0 Å². The summed E-state index contributed by atoms with van der Waals surface area (Å²) in [6.45, 7) is 0. The lowest BCUT2D eigenvalue weighted by molar-refractivity contribution is 0.555. The van der Waals surface area contributed by atoms with Crippen LogP contribution in [0.1, 0.15) is 11.1 Å². The topological polar surface area (TPSA) is 172 Å². The molecule has 0 heterocycles. The molecule has 2 aromatic carbocycles. The van der Waals surface area contributed by atoms with Gasteiger partial charge in [0.25, 0.3) is 0 Å². The average Bonchev–Trinajstić information content (AvgIpc) is 2.44. The molecule has 8 nitrogen and oxygen atoms in total. The Morgan fingerprint density at radius 3 is 1.29 bits per heavy atom. The van der Waals surface area contributed by atoms with E-state index in [1.165, 1.54) is 48.5 Å². The minimum Gasteiger partial charge on any atom is -0.399 e. The molecule has 0 aliphatic rings. The highest BCUT2D eigenvalue weighted by Crippen LogP contribution is 2.38. The van der Waals surface area contributed by atoms with Crippen LogP contribution in [0.5, 0.6) is 0 Å². The maximum absolute atomic E-state index is 12.5. The number of primary sulfonamides is 2. The Morgan fingerprint density at radius 2 is 1.04 bits per heavy atom. The Hall–Kier alpha value is -2.14. The molecule has 0 saturated carbocycles. The second kappa shape index (κ2) is 6.06. The van der Waals surface area contributed by atoms with Gasteiger partial charge in [0.15, 0.2) is 4.75 Å². The summed E-state index contributed by atoms with van der Waals surface area (Å²) in [5.41, 5.74) is 12.3. The van der Waals surface area contributed by atoms with Crippen molar-refractivity contribution < 1.29 is 16.8 Å². The van der Waals surface area contributed by atoms with Crippen LogP contribution in [0.4, 0.5) is 11.4 Å². The summed E-state index contributed by atoms with van der Waals surface area (Å²) in [6.07, 6.45) is 0. The maximum Gasteiger partial charge on any atom is 0.224 e. The van der Waals surface area contributed by atoms with E-state index in [1.807, 2.05) is 0 Å². The van der Waals surface area contributed by atoms with Crippen molar-refractivity contribution >= 4 is 31.4 Å². The molecular weight excluding hydrogens is 352 g/mol. The third-order valence-electron chi connectivity index (χ3n) is 3.64. The minimum absolute atomic E-state index is 0.137. The van der Waals surface area contributed by atoms with Gasteiger partial charge in [0, 0.05) is 11.4 Å². The van der Waals surface area contributed by atoms with E-state index >= 15 is 0 Å². The zero-order valence-electron chi connectivity index (χ0n) is 12.6. The van der Waals surface area contributed by atoms with Crippen LogP contribution in [0, 0.1) is 0 Å². The SMILES string of the molecule is Nc1ccc(C(CS(N)(=O)=O)(c2ccc(N)cc2)S(N)(=O)=O)cc1. The third kappa shape index (κ3) is 3.51. The van der Waals surface area contributed by atoms with Crippen molar-refractivity contribution in [2.75, 3.05) is 17.2 Å². The monoisotopic (exact) mass is 370 g/mol. The smallest absolute Gasteiger partial charge is 0.224 e. The third-order valence-corrected chi connectivity index (χ3v) is 6.25. The predicted octanol–water partition coefficient (Wildman–Crippen LogP) is -0.328. The molecule has 0 atom stereocenters. The van der Waals surface area contributed by atoms with Crippen molar-refractivity contribution in [3.8, 4) is 0 Å². The second-order valence-corrected chi connectivity index (χ2v) is 8.82. The zero-order chi connectivity index (χ0) is 18.2. The summed E-state index contributed by atoms with van der Waals surface area (Å²) < 4.78 is 46.5. The van der Waals surface area contributed by atoms with E-state index in [1.54, 1.807) is 0 Å². The lowest BCUT2D eigenvalue weighted by atomic mass is 9.91. The molecule has 0 amide bonds. The lowest BCUT2D eigenvalue weighted by Crippen LogP contribution is -2.48. The molecule has 0 aliphatic heterocycles. The summed E-state index contributed by atoms with van der Waals surface area (Å²) in [5, 5.41) is 10.6. The number of hydrogen-bond donors (Lipinski definition) is 4. The summed E-state index contributed by atoms with van der Waals surface area (Å²) >= 11 is 0. The van der Waals surface area contributed by atoms with Gasteiger partial charge in [0.05, 0.1) is 5.75 Å². The molecule has 0 radical (unpaired) electrons. The van der Waals surface area contributed by atoms with Crippen LogP contribution in [0.25, 0.3) is 0 Å². The van der Waals surface area contributed by atoms with Gasteiger partial charge < -0.3 is 11.5 Å². The number of nitrogens with two attached hydrogens (primary N) is 4. The minimum atomic E-state index is -4.43. The Kier molecular flexibility index (Phi) is 4.59. The first-order valence-corrected chi connectivity index (χ1v) is 9.97. The van der Waals surface area contributed by atoms with E-state index in [2.05, 4.69) is 0 Å². The van der Waals surface area contributed by atoms with Crippen LogP contribution in [-0.2, 0) is 24.8 Å². The first-order valence-electron chi connectivity index (χ1n) is 6.70. The maximum atomic E-state index is 12.5. The van der Waals surface area contributed by atoms with Crippen molar-refractivity contribution in [1.82, 2.24) is 0 Å². The van der Waals surface area contributed by atoms with Gasteiger partial charge in [-0.3, -0.25) is 0 Å². The first kappa shape index (κ1) is 18.2. The van der Waals surface area contributed by atoms with Crippen molar-refractivity contribution in [1.29, 1.82) is 0 Å². The highest BCUT2D eigenvalue weighted by Gasteiger charge is 2.48. The van der Waals surface area contributed by atoms with Crippen LogP contribution in [0.15, 0.2) is 48.5 Å². The molecule has 10 heteroatoms. The van der Waals surface area contributed by atoms with E-state index in [4.69, 9.17) is 21.7 Å². The van der Waals surface area contributed by atoms with Crippen molar-refractivity contribution in [2.24, 2.45) is 10.3 Å². The summed E-state index contributed by atoms with van der Waals surface area (Å²) in [5.74, 6) is -0.924. The summed E-state index contributed by atoms with van der Waals surface area (Å²) in [7, 11) is -8.64. The summed E-state index contributed by atoms with van der Waals surface area (Å²) in [4.78, 5) is 0. The molecule has 0 aromatic heterocycles. The van der Waals surface area contributed by atoms with Crippen molar-refractivity contribution in [3.05, 3.63) is 59.7 Å².